The molecule has 0 saturated heterocycles. The fraction of sp³-hybridized carbons (Fsp3) is 0.167. The second kappa shape index (κ2) is 8.19. The smallest absolute Gasteiger partial charge is 0.251 e. The molecule has 1 atom stereocenters. The number of carbonyl (C=O) groups excluding carboxylic acids is 1. The lowest BCUT2D eigenvalue weighted by Crippen LogP contribution is -2.25. The van der Waals surface area contributed by atoms with Crippen molar-refractivity contribution in [3.05, 3.63) is 95.8 Å². The van der Waals surface area contributed by atoms with Gasteiger partial charge in [-0.05, 0) is 42.8 Å². The van der Waals surface area contributed by atoms with Crippen LogP contribution in [0.4, 0.5) is 0 Å². The van der Waals surface area contributed by atoms with Gasteiger partial charge in [-0.1, -0.05) is 48.5 Å². The van der Waals surface area contributed by atoms with Crippen LogP contribution in [0, 0.1) is 0 Å². The summed E-state index contributed by atoms with van der Waals surface area (Å²) in [5.74, 6) is 1.32. The number of nitrogens with zero attached hydrogens (tertiary/aromatic N) is 2. The Morgan fingerprint density at radius 2 is 1.79 bits per heavy atom. The van der Waals surface area contributed by atoms with Gasteiger partial charge in [-0.3, -0.25) is 4.79 Å². The summed E-state index contributed by atoms with van der Waals surface area (Å²) in [4.78, 5) is 17.4. The highest BCUT2D eigenvalue weighted by Crippen LogP contribution is 2.26. The largest absolute Gasteiger partial charge is 0.497 e. The molecule has 0 aliphatic rings. The first kappa shape index (κ1) is 18.7. The fourth-order valence-electron chi connectivity index (χ4n) is 3.56. The number of benzene rings is 3. The van der Waals surface area contributed by atoms with E-state index in [-0.39, 0.29) is 11.9 Å². The van der Waals surface area contributed by atoms with E-state index in [0.717, 1.165) is 16.9 Å². The Bertz CT molecular complexity index is 1140. The number of imidazole rings is 1. The average molecular weight is 385 g/mol. The number of hydrogen-bond donors (Lipinski definition) is 1. The van der Waals surface area contributed by atoms with Crippen LogP contribution in [0.5, 0.6) is 5.75 Å². The summed E-state index contributed by atoms with van der Waals surface area (Å²) in [5.41, 5.74) is 3.72. The van der Waals surface area contributed by atoms with Crippen LogP contribution in [0.15, 0.2) is 78.9 Å². The van der Waals surface area contributed by atoms with Crippen LogP contribution in [0.3, 0.4) is 0 Å². The number of aromatic nitrogens is 2. The molecule has 0 aliphatic carbocycles. The predicted octanol–water partition coefficient (Wildman–Crippen LogP) is 4.58. The average Bonchev–Trinajstić information content (AvgIpc) is 3.16. The van der Waals surface area contributed by atoms with Gasteiger partial charge in [0.05, 0.1) is 30.7 Å². The molecule has 0 spiro atoms. The second-order valence-corrected chi connectivity index (χ2v) is 6.89. The van der Waals surface area contributed by atoms with Crippen molar-refractivity contribution >= 4 is 16.9 Å². The van der Waals surface area contributed by atoms with Crippen molar-refractivity contribution in [2.45, 2.75) is 19.5 Å². The maximum absolute atomic E-state index is 12.6. The lowest BCUT2D eigenvalue weighted by atomic mass is 10.1. The molecule has 5 heteroatoms. The highest BCUT2D eigenvalue weighted by molar-refractivity contribution is 5.94. The summed E-state index contributed by atoms with van der Waals surface area (Å²) in [6.45, 7) is 2.48. The molecule has 1 aromatic heterocycles. The van der Waals surface area contributed by atoms with Gasteiger partial charge in [-0.25, -0.2) is 4.98 Å². The molecule has 0 saturated carbocycles. The van der Waals surface area contributed by atoms with Gasteiger partial charge in [0.25, 0.3) is 5.91 Å². The summed E-state index contributed by atoms with van der Waals surface area (Å²) < 4.78 is 7.40. The molecule has 146 valence electrons. The summed E-state index contributed by atoms with van der Waals surface area (Å²) in [6, 6.07) is 25.6. The lowest BCUT2D eigenvalue weighted by molar-refractivity contribution is 0.0949. The predicted molar refractivity (Wildman–Crippen MR) is 114 cm³/mol. The maximum Gasteiger partial charge on any atom is 0.251 e. The van der Waals surface area contributed by atoms with Gasteiger partial charge in [-0.15, -0.1) is 0 Å². The Morgan fingerprint density at radius 1 is 1.03 bits per heavy atom. The van der Waals surface area contributed by atoms with Crippen LogP contribution in [0.25, 0.3) is 11.0 Å². The van der Waals surface area contributed by atoms with Crippen LogP contribution in [0.1, 0.15) is 34.7 Å². The summed E-state index contributed by atoms with van der Waals surface area (Å²) >= 11 is 0. The molecule has 3 aromatic carbocycles. The van der Waals surface area contributed by atoms with Crippen molar-refractivity contribution in [1.82, 2.24) is 14.9 Å². The number of ether oxygens (including phenoxy) is 1. The zero-order valence-corrected chi connectivity index (χ0v) is 16.5. The number of carbonyl (C=O) groups is 1. The lowest BCUT2D eigenvalue weighted by Gasteiger charge is -2.18. The Balaban J connectivity index is 1.64. The molecule has 0 bridgehead atoms. The van der Waals surface area contributed by atoms with Crippen LogP contribution < -0.4 is 10.1 Å². The maximum atomic E-state index is 12.6. The van der Waals surface area contributed by atoms with Crippen LogP contribution >= 0.6 is 0 Å². The summed E-state index contributed by atoms with van der Waals surface area (Å²) in [6.07, 6.45) is 0. The van der Waals surface area contributed by atoms with Gasteiger partial charge in [-0.2, -0.15) is 0 Å². The first-order chi connectivity index (χ1) is 14.2. The third-order valence-electron chi connectivity index (χ3n) is 5.08. The molecule has 1 amide bonds. The first-order valence-corrected chi connectivity index (χ1v) is 9.60. The number of hydrogen-bond acceptors (Lipinski definition) is 3. The Labute approximate surface area is 170 Å². The van der Waals surface area contributed by atoms with E-state index in [1.165, 1.54) is 5.56 Å². The van der Waals surface area contributed by atoms with E-state index in [0.29, 0.717) is 17.9 Å². The molecule has 5 nitrogen and oxygen atoms in total. The number of methoxy groups -OCH3 is 1. The van der Waals surface area contributed by atoms with Crippen molar-refractivity contribution in [2.24, 2.45) is 0 Å². The minimum Gasteiger partial charge on any atom is -0.497 e. The van der Waals surface area contributed by atoms with Crippen molar-refractivity contribution in [3.63, 3.8) is 0 Å². The van der Waals surface area contributed by atoms with E-state index in [9.17, 15) is 4.79 Å². The Morgan fingerprint density at radius 3 is 2.59 bits per heavy atom. The van der Waals surface area contributed by atoms with E-state index in [2.05, 4.69) is 35.0 Å². The topological polar surface area (TPSA) is 56.1 Å². The first-order valence-electron chi connectivity index (χ1n) is 9.60. The minimum absolute atomic E-state index is 0.0901. The standard InChI is InChI=1S/C24H23N3O2/c1-17(18-9-4-3-5-10-18)27-22-14-7-6-13-21(22)26-23(27)16-25-24(28)19-11-8-12-20(15-19)29-2/h3-15,17H,16H2,1-2H3,(H,25,28). The van der Waals surface area contributed by atoms with E-state index in [1.54, 1.807) is 25.3 Å². The Kier molecular flexibility index (Phi) is 5.29. The van der Waals surface area contributed by atoms with E-state index >= 15 is 0 Å². The minimum atomic E-state index is -0.158. The fourth-order valence-corrected chi connectivity index (χ4v) is 3.56. The zero-order valence-electron chi connectivity index (χ0n) is 16.5. The molecule has 1 unspecified atom stereocenters. The van der Waals surface area contributed by atoms with Crippen LogP contribution in [-0.4, -0.2) is 22.6 Å². The van der Waals surface area contributed by atoms with E-state index in [1.807, 2.05) is 42.5 Å². The molecule has 4 rings (SSSR count). The Hall–Kier alpha value is -3.60. The van der Waals surface area contributed by atoms with Gasteiger partial charge in [0, 0.05) is 5.56 Å². The van der Waals surface area contributed by atoms with Crippen molar-refractivity contribution in [1.29, 1.82) is 0 Å². The zero-order chi connectivity index (χ0) is 20.2. The molecular formula is C24H23N3O2. The van der Waals surface area contributed by atoms with Crippen molar-refractivity contribution < 1.29 is 9.53 Å². The van der Waals surface area contributed by atoms with Gasteiger partial charge in [0.2, 0.25) is 0 Å². The van der Waals surface area contributed by atoms with Gasteiger partial charge in [0.1, 0.15) is 11.6 Å². The van der Waals surface area contributed by atoms with Crippen molar-refractivity contribution in [3.8, 4) is 5.75 Å². The van der Waals surface area contributed by atoms with Crippen LogP contribution in [-0.2, 0) is 6.54 Å². The molecule has 1 heterocycles. The molecule has 0 radical (unpaired) electrons. The van der Waals surface area contributed by atoms with Gasteiger partial charge >= 0.3 is 0 Å². The number of para-hydroxylation sites is 2. The molecule has 29 heavy (non-hydrogen) atoms. The summed E-state index contributed by atoms with van der Waals surface area (Å²) in [5, 5.41) is 3.00. The number of fused-ring (bicyclic) bond motifs is 1. The SMILES string of the molecule is COc1cccc(C(=O)NCc2nc3ccccc3n2C(C)c2ccccc2)c1. The van der Waals surface area contributed by atoms with Gasteiger partial charge < -0.3 is 14.6 Å². The molecule has 0 fully saturated rings. The van der Waals surface area contributed by atoms with Gasteiger partial charge in [0.15, 0.2) is 0 Å². The number of rotatable bonds is 6. The summed E-state index contributed by atoms with van der Waals surface area (Å²) in [7, 11) is 1.59. The normalized spacial score (nSPS) is 11.9. The molecule has 1 N–H and O–H groups in total. The highest BCUT2D eigenvalue weighted by Gasteiger charge is 2.18. The monoisotopic (exact) mass is 385 g/mol. The van der Waals surface area contributed by atoms with E-state index in [4.69, 9.17) is 9.72 Å². The third kappa shape index (κ3) is 3.85. The second-order valence-electron chi connectivity index (χ2n) is 6.89. The molecule has 0 aliphatic heterocycles. The molecule has 4 aromatic rings. The highest BCUT2D eigenvalue weighted by atomic mass is 16.5. The van der Waals surface area contributed by atoms with E-state index < -0.39 is 0 Å². The molecular weight excluding hydrogens is 362 g/mol. The van der Waals surface area contributed by atoms with Crippen molar-refractivity contribution in [2.75, 3.05) is 7.11 Å². The third-order valence-corrected chi connectivity index (χ3v) is 5.08. The number of nitrogens with one attached hydrogen (secondary N) is 1. The number of amides is 1. The van der Waals surface area contributed by atoms with Crippen LogP contribution in [0.2, 0.25) is 0 Å². The quantitative estimate of drug-likeness (QED) is 0.528.